The van der Waals surface area contributed by atoms with Gasteiger partial charge in [0.25, 0.3) is 0 Å². The van der Waals surface area contributed by atoms with E-state index in [1.165, 1.54) is 25.9 Å². The van der Waals surface area contributed by atoms with E-state index in [4.69, 9.17) is 10.5 Å². The minimum atomic E-state index is 0.287. The molecule has 1 aliphatic rings. The van der Waals surface area contributed by atoms with E-state index >= 15 is 0 Å². The van der Waals surface area contributed by atoms with Gasteiger partial charge in [0.15, 0.2) is 0 Å². The second-order valence-corrected chi connectivity index (χ2v) is 5.37. The molecule has 0 aliphatic carbocycles. The molecule has 0 saturated carbocycles. The van der Waals surface area contributed by atoms with Gasteiger partial charge in [0.1, 0.15) is 0 Å². The normalized spacial score (nSPS) is 21.0. The SMILES string of the molecule is COCCCC(N)CN(C)C1CCN(C)CC1. The summed E-state index contributed by atoms with van der Waals surface area (Å²) < 4.78 is 5.05. The van der Waals surface area contributed by atoms with Gasteiger partial charge in [-0.1, -0.05) is 0 Å². The van der Waals surface area contributed by atoms with Gasteiger partial charge in [0.05, 0.1) is 0 Å². The highest BCUT2D eigenvalue weighted by atomic mass is 16.5. The van der Waals surface area contributed by atoms with Crippen LogP contribution in [-0.2, 0) is 4.74 Å². The average molecular weight is 243 g/mol. The van der Waals surface area contributed by atoms with Crippen molar-refractivity contribution in [1.82, 2.24) is 9.80 Å². The van der Waals surface area contributed by atoms with Crippen LogP contribution in [0.5, 0.6) is 0 Å². The van der Waals surface area contributed by atoms with Crippen molar-refractivity contribution in [3.8, 4) is 0 Å². The molecule has 2 N–H and O–H groups in total. The number of rotatable bonds is 7. The first kappa shape index (κ1) is 14.9. The van der Waals surface area contributed by atoms with E-state index < -0.39 is 0 Å². The van der Waals surface area contributed by atoms with Crippen molar-refractivity contribution in [3.63, 3.8) is 0 Å². The molecule has 0 aromatic carbocycles. The van der Waals surface area contributed by atoms with Crippen LogP contribution >= 0.6 is 0 Å². The van der Waals surface area contributed by atoms with Crippen molar-refractivity contribution < 1.29 is 4.74 Å². The first-order chi connectivity index (χ1) is 8.13. The number of hydrogen-bond acceptors (Lipinski definition) is 4. The summed E-state index contributed by atoms with van der Waals surface area (Å²) in [6.07, 6.45) is 4.68. The third kappa shape index (κ3) is 5.82. The van der Waals surface area contributed by atoms with Crippen LogP contribution < -0.4 is 5.73 Å². The van der Waals surface area contributed by atoms with Crippen LogP contribution in [0.2, 0.25) is 0 Å². The van der Waals surface area contributed by atoms with E-state index in [1.807, 2.05) is 0 Å². The molecular weight excluding hydrogens is 214 g/mol. The van der Waals surface area contributed by atoms with E-state index in [-0.39, 0.29) is 6.04 Å². The molecule has 0 radical (unpaired) electrons. The van der Waals surface area contributed by atoms with Gasteiger partial charge in [-0.15, -0.1) is 0 Å². The maximum Gasteiger partial charge on any atom is 0.0462 e. The number of methoxy groups -OCH3 is 1. The van der Waals surface area contributed by atoms with E-state index in [9.17, 15) is 0 Å². The molecule has 17 heavy (non-hydrogen) atoms. The minimum Gasteiger partial charge on any atom is -0.385 e. The molecule has 1 rings (SSSR count). The Bertz CT molecular complexity index is 193. The molecule has 4 heteroatoms. The largest absolute Gasteiger partial charge is 0.385 e. The summed E-state index contributed by atoms with van der Waals surface area (Å²) in [7, 11) is 6.16. The first-order valence-corrected chi connectivity index (χ1v) is 6.76. The topological polar surface area (TPSA) is 41.7 Å². The first-order valence-electron chi connectivity index (χ1n) is 6.76. The monoisotopic (exact) mass is 243 g/mol. The summed E-state index contributed by atoms with van der Waals surface area (Å²) in [6.45, 7) is 4.27. The Kier molecular flexibility index (Phi) is 7.04. The molecule has 1 heterocycles. The number of nitrogens with zero attached hydrogens (tertiary/aromatic N) is 2. The zero-order valence-electron chi connectivity index (χ0n) is 11.7. The Balaban J connectivity index is 2.16. The lowest BCUT2D eigenvalue weighted by Gasteiger charge is -2.36. The third-order valence-electron chi connectivity index (χ3n) is 3.76. The number of ether oxygens (including phenoxy) is 1. The third-order valence-corrected chi connectivity index (χ3v) is 3.76. The molecule has 1 atom stereocenters. The summed E-state index contributed by atoms with van der Waals surface area (Å²) in [5, 5.41) is 0. The molecule has 0 bridgehead atoms. The Hall–Kier alpha value is -0.160. The lowest BCUT2D eigenvalue weighted by atomic mass is 10.0. The van der Waals surface area contributed by atoms with Gasteiger partial charge in [0, 0.05) is 32.3 Å². The highest BCUT2D eigenvalue weighted by Gasteiger charge is 2.21. The van der Waals surface area contributed by atoms with Crippen LogP contribution in [0.4, 0.5) is 0 Å². The van der Waals surface area contributed by atoms with Crippen LogP contribution in [0, 0.1) is 0 Å². The number of piperidine rings is 1. The lowest BCUT2D eigenvalue weighted by molar-refractivity contribution is 0.135. The molecular formula is C13H29N3O. The fraction of sp³-hybridized carbons (Fsp3) is 1.00. The van der Waals surface area contributed by atoms with Crippen molar-refractivity contribution >= 4 is 0 Å². The quantitative estimate of drug-likeness (QED) is 0.671. The van der Waals surface area contributed by atoms with E-state index in [0.29, 0.717) is 0 Å². The molecule has 0 spiro atoms. The van der Waals surface area contributed by atoms with Gasteiger partial charge in [-0.3, -0.25) is 0 Å². The van der Waals surface area contributed by atoms with Crippen LogP contribution in [-0.4, -0.2) is 69.3 Å². The standard InChI is InChI=1S/C13H29N3O/c1-15-8-6-13(7-9-15)16(2)11-12(14)5-4-10-17-3/h12-13H,4-11,14H2,1-3H3. The number of nitrogens with two attached hydrogens (primary N) is 1. The maximum atomic E-state index is 6.14. The fourth-order valence-corrected chi connectivity index (χ4v) is 2.54. The van der Waals surface area contributed by atoms with Crippen LogP contribution in [0.15, 0.2) is 0 Å². The Morgan fingerprint density at radius 1 is 1.41 bits per heavy atom. The zero-order chi connectivity index (χ0) is 12.7. The van der Waals surface area contributed by atoms with Crippen molar-refractivity contribution in [1.29, 1.82) is 0 Å². The van der Waals surface area contributed by atoms with Gasteiger partial charge in [-0.25, -0.2) is 0 Å². The predicted molar refractivity (Wildman–Crippen MR) is 72.2 cm³/mol. The smallest absolute Gasteiger partial charge is 0.0462 e. The van der Waals surface area contributed by atoms with Gasteiger partial charge in [-0.2, -0.15) is 0 Å². The molecule has 1 aliphatic heterocycles. The highest BCUT2D eigenvalue weighted by molar-refractivity contribution is 4.79. The van der Waals surface area contributed by atoms with Crippen molar-refractivity contribution in [2.45, 2.75) is 37.8 Å². The Morgan fingerprint density at radius 2 is 2.06 bits per heavy atom. The van der Waals surface area contributed by atoms with E-state index in [0.717, 1.165) is 32.0 Å². The van der Waals surface area contributed by atoms with Crippen molar-refractivity contribution in [2.75, 3.05) is 47.4 Å². The molecule has 1 saturated heterocycles. The predicted octanol–water partition coefficient (Wildman–Crippen LogP) is 0.766. The maximum absolute atomic E-state index is 6.14. The second-order valence-electron chi connectivity index (χ2n) is 5.37. The number of likely N-dealkylation sites (N-methyl/N-ethyl adjacent to an activating group) is 1. The van der Waals surface area contributed by atoms with E-state index in [1.54, 1.807) is 7.11 Å². The van der Waals surface area contributed by atoms with Gasteiger partial charge in [-0.05, 0) is 52.9 Å². The minimum absolute atomic E-state index is 0.287. The summed E-state index contributed by atoms with van der Waals surface area (Å²) in [5.41, 5.74) is 6.14. The highest BCUT2D eigenvalue weighted by Crippen LogP contribution is 2.14. The second kappa shape index (κ2) is 8.03. The fourth-order valence-electron chi connectivity index (χ4n) is 2.54. The molecule has 1 unspecified atom stereocenters. The van der Waals surface area contributed by atoms with Crippen LogP contribution in [0.25, 0.3) is 0 Å². The molecule has 0 aromatic rings. The van der Waals surface area contributed by atoms with Gasteiger partial charge in [0.2, 0.25) is 0 Å². The summed E-state index contributed by atoms with van der Waals surface area (Å²) >= 11 is 0. The average Bonchev–Trinajstić information content (AvgIpc) is 2.30. The number of likely N-dealkylation sites (tertiary alicyclic amines) is 1. The van der Waals surface area contributed by atoms with Gasteiger partial charge >= 0.3 is 0 Å². The van der Waals surface area contributed by atoms with Crippen molar-refractivity contribution in [3.05, 3.63) is 0 Å². The molecule has 0 amide bonds. The van der Waals surface area contributed by atoms with E-state index in [2.05, 4.69) is 23.9 Å². The van der Waals surface area contributed by atoms with Crippen LogP contribution in [0.3, 0.4) is 0 Å². The number of hydrogen-bond donors (Lipinski definition) is 1. The van der Waals surface area contributed by atoms with Crippen LogP contribution in [0.1, 0.15) is 25.7 Å². The Labute approximate surface area is 106 Å². The summed E-state index contributed by atoms with van der Waals surface area (Å²) in [6, 6.07) is 1.01. The molecule has 1 fully saturated rings. The zero-order valence-corrected chi connectivity index (χ0v) is 11.7. The lowest BCUT2D eigenvalue weighted by Crippen LogP contribution is -2.46. The Morgan fingerprint density at radius 3 is 2.65 bits per heavy atom. The summed E-state index contributed by atoms with van der Waals surface area (Å²) in [5.74, 6) is 0. The molecule has 4 nitrogen and oxygen atoms in total. The summed E-state index contributed by atoms with van der Waals surface area (Å²) in [4.78, 5) is 4.85. The molecule has 102 valence electrons. The van der Waals surface area contributed by atoms with Gasteiger partial charge < -0.3 is 20.3 Å². The molecule has 0 aromatic heterocycles. The van der Waals surface area contributed by atoms with Crippen molar-refractivity contribution in [2.24, 2.45) is 5.73 Å².